The van der Waals surface area contributed by atoms with E-state index in [4.69, 9.17) is 0 Å². The zero-order valence-electron chi connectivity index (χ0n) is 13.1. The highest BCUT2D eigenvalue weighted by atomic mass is 32.2. The van der Waals surface area contributed by atoms with E-state index < -0.39 is 15.6 Å². The van der Waals surface area contributed by atoms with Crippen molar-refractivity contribution >= 4 is 26.6 Å². The van der Waals surface area contributed by atoms with Crippen LogP contribution in [0.1, 0.15) is 19.5 Å². The van der Waals surface area contributed by atoms with Gasteiger partial charge in [0.15, 0.2) is 0 Å². The Hall–Kier alpha value is -1.73. The molecule has 0 saturated heterocycles. The van der Waals surface area contributed by atoms with E-state index in [1.807, 2.05) is 13.0 Å². The van der Waals surface area contributed by atoms with E-state index in [1.54, 1.807) is 19.9 Å². The van der Waals surface area contributed by atoms with Gasteiger partial charge in [-0.25, -0.2) is 17.5 Å². The first-order valence-corrected chi connectivity index (χ1v) is 8.75. The van der Waals surface area contributed by atoms with Gasteiger partial charge >= 0.3 is 0 Å². The smallest absolute Gasteiger partial charge is 0.209 e. The Kier molecular flexibility index (Phi) is 4.39. The Bertz CT molecular complexity index is 804. The van der Waals surface area contributed by atoms with Crippen LogP contribution in [0.5, 0.6) is 0 Å². The molecule has 0 spiro atoms. The maximum absolute atomic E-state index is 13.5. The molecule has 120 valence electrons. The van der Waals surface area contributed by atoms with Crippen molar-refractivity contribution in [1.29, 1.82) is 0 Å². The molecule has 7 heteroatoms. The van der Waals surface area contributed by atoms with E-state index in [1.165, 1.54) is 12.1 Å². The highest BCUT2D eigenvalue weighted by Crippen LogP contribution is 2.24. The molecular formula is C15H20FN3O2S. The molecule has 2 aromatic rings. The average molecular weight is 325 g/mol. The highest BCUT2D eigenvalue weighted by molar-refractivity contribution is 7.88. The molecule has 2 rings (SSSR count). The van der Waals surface area contributed by atoms with Crippen LogP contribution in [0.3, 0.4) is 0 Å². The topological polar surface area (TPSA) is 71.1 Å². The Morgan fingerprint density at radius 3 is 2.59 bits per heavy atom. The van der Waals surface area contributed by atoms with Crippen molar-refractivity contribution in [2.75, 3.05) is 18.1 Å². The van der Waals surface area contributed by atoms with Crippen molar-refractivity contribution in [1.82, 2.24) is 9.71 Å². The predicted molar refractivity (Wildman–Crippen MR) is 87.0 cm³/mol. The fourth-order valence-corrected chi connectivity index (χ4v) is 3.41. The molecule has 22 heavy (non-hydrogen) atoms. The minimum Gasteiger partial charge on any atom is -0.383 e. The number of aromatic nitrogens is 1. The number of halogens is 1. The van der Waals surface area contributed by atoms with Gasteiger partial charge in [-0.05, 0) is 45.0 Å². The third kappa shape index (κ3) is 4.38. The molecule has 5 nitrogen and oxygen atoms in total. The monoisotopic (exact) mass is 325 g/mol. The van der Waals surface area contributed by atoms with Crippen molar-refractivity contribution in [3.63, 3.8) is 0 Å². The fraction of sp³-hybridized carbons (Fsp3) is 0.400. The van der Waals surface area contributed by atoms with Gasteiger partial charge in [0, 0.05) is 28.9 Å². The Labute approximate surface area is 130 Å². The van der Waals surface area contributed by atoms with Gasteiger partial charge in [0.05, 0.1) is 11.8 Å². The third-order valence-electron chi connectivity index (χ3n) is 3.08. The number of hydrogen-bond acceptors (Lipinski definition) is 4. The van der Waals surface area contributed by atoms with Gasteiger partial charge in [0.25, 0.3) is 0 Å². The fourth-order valence-electron chi connectivity index (χ4n) is 2.33. The van der Waals surface area contributed by atoms with Crippen LogP contribution >= 0.6 is 0 Å². The number of sulfonamides is 1. The molecule has 1 aromatic heterocycles. The molecule has 0 aliphatic carbocycles. The number of rotatable bonds is 5. The van der Waals surface area contributed by atoms with Crippen LogP contribution in [-0.2, 0) is 10.0 Å². The molecule has 0 unspecified atom stereocenters. The molecule has 0 bridgehead atoms. The van der Waals surface area contributed by atoms with Gasteiger partial charge in [0.2, 0.25) is 10.0 Å². The van der Waals surface area contributed by atoms with Gasteiger partial charge in [-0.15, -0.1) is 0 Å². The third-order valence-corrected chi connectivity index (χ3v) is 4.00. The molecule has 2 N–H and O–H groups in total. The van der Waals surface area contributed by atoms with Gasteiger partial charge in [-0.3, -0.25) is 4.98 Å². The number of anilines is 1. The van der Waals surface area contributed by atoms with E-state index in [2.05, 4.69) is 15.0 Å². The predicted octanol–water partition coefficient (Wildman–Crippen LogP) is 2.42. The summed E-state index contributed by atoms with van der Waals surface area (Å²) in [5.74, 6) is -0.338. The molecule has 0 aliphatic rings. The quantitative estimate of drug-likeness (QED) is 0.886. The molecule has 1 aromatic carbocycles. The largest absolute Gasteiger partial charge is 0.383 e. The molecule has 0 saturated carbocycles. The van der Waals surface area contributed by atoms with Crippen molar-refractivity contribution in [2.24, 2.45) is 0 Å². The van der Waals surface area contributed by atoms with Crippen molar-refractivity contribution < 1.29 is 12.8 Å². The number of aryl methyl sites for hydroxylation is 1. The van der Waals surface area contributed by atoms with E-state index in [0.29, 0.717) is 17.4 Å². The van der Waals surface area contributed by atoms with Crippen LogP contribution in [0, 0.1) is 12.7 Å². The second-order valence-corrected chi connectivity index (χ2v) is 7.83. The SMILES string of the molecule is Cc1cc(NCC(C)(C)NS(C)(=O)=O)c2cc(F)ccc2n1. The first kappa shape index (κ1) is 16.6. The van der Waals surface area contributed by atoms with E-state index >= 15 is 0 Å². The lowest BCUT2D eigenvalue weighted by Crippen LogP contribution is -2.47. The highest BCUT2D eigenvalue weighted by Gasteiger charge is 2.22. The van der Waals surface area contributed by atoms with Crippen LogP contribution in [0.2, 0.25) is 0 Å². The first-order valence-electron chi connectivity index (χ1n) is 6.85. The minimum absolute atomic E-state index is 0.338. The van der Waals surface area contributed by atoms with Crippen LogP contribution in [0.25, 0.3) is 10.9 Å². The number of fused-ring (bicyclic) bond motifs is 1. The molecule has 0 fully saturated rings. The number of hydrogen-bond donors (Lipinski definition) is 2. The standard InChI is InChI=1S/C15H20FN3O2S/c1-10-7-14(12-8-11(16)5-6-13(12)18-10)17-9-15(2,3)19-22(4,20)21/h5-8,19H,9H2,1-4H3,(H,17,18). The number of benzene rings is 1. The number of pyridine rings is 1. The first-order chi connectivity index (χ1) is 10.1. The van der Waals surface area contributed by atoms with Gasteiger partial charge in [0.1, 0.15) is 5.82 Å². The Morgan fingerprint density at radius 2 is 1.95 bits per heavy atom. The Morgan fingerprint density at radius 1 is 1.27 bits per heavy atom. The molecule has 0 radical (unpaired) electrons. The molecule has 0 aliphatic heterocycles. The summed E-state index contributed by atoms with van der Waals surface area (Å²) >= 11 is 0. The van der Waals surface area contributed by atoms with Gasteiger partial charge in [-0.1, -0.05) is 0 Å². The summed E-state index contributed by atoms with van der Waals surface area (Å²) < 4.78 is 38.8. The zero-order valence-corrected chi connectivity index (χ0v) is 13.9. The summed E-state index contributed by atoms with van der Waals surface area (Å²) in [4.78, 5) is 4.36. The summed E-state index contributed by atoms with van der Waals surface area (Å²) in [5.41, 5.74) is 1.54. The van der Waals surface area contributed by atoms with E-state index in [9.17, 15) is 12.8 Å². The van der Waals surface area contributed by atoms with E-state index in [-0.39, 0.29) is 5.82 Å². The van der Waals surface area contributed by atoms with Gasteiger partial charge < -0.3 is 5.32 Å². The summed E-state index contributed by atoms with van der Waals surface area (Å²) in [6.07, 6.45) is 1.12. The van der Waals surface area contributed by atoms with Crippen molar-refractivity contribution in [3.8, 4) is 0 Å². The molecule has 0 atom stereocenters. The lowest BCUT2D eigenvalue weighted by Gasteiger charge is -2.26. The van der Waals surface area contributed by atoms with Crippen LogP contribution < -0.4 is 10.0 Å². The minimum atomic E-state index is -3.31. The number of nitrogens with one attached hydrogen (secondary N) is 2. The van der Waals surface area contributed by atoms with Crippen LogP contribution in [-0.4, -0.2) is 31.7 Å². The maximum Gasteiger partial charge on any atom is 0.209 e. The summed E-state index contributed by atoms with van der Waals surface area (Å²) in [6.45, 7) is 5.76. The number of nitrogens with zero attached hydrogens (tertiary/aromatic N) is 1. The second-order valence-electron chi connectivity index (χ2n) is 6.08. The lowest BCUT2D eigenvalue weighted by molar-refractivity contribution is 0.476. The van der Waals surface area contributed by atoms with Gasteiger partial charge in [-0.2, -0.15) is 0 Å². The van der Waals surface area contributed by atoms with Crippen molar-refractivity contribution in [3.05, 3.63) is 35.8 Å². The summed E-state index contributed by atoms with van der Waals surface area (Å²) in [7, 11) is -3.31. The lowest BCUT2D eigenvalue weighted by atomic mass is 10.1. The molecular weight excluding hydrogens is 305 g/mol. The van der Waals surface area contributed by atoms with E-state index in [0.717, 1.165) is 17.6 Å². The van der Waals surface area contributed by atoms with Crippen LogP contribution in [0.15, 0.2) is 24.3 Å². The Balaban J connectivity index is 2.30. The zero-order chi connectivity index (χ0) is 16.5. The summed E-state index contributed by atoms with van der Waals surface area (Å²) in [5, 5.41) is 3.85. The van der Waals surface area contributed by atoms with Crippen molar-refractivity contribution in [2.45, 2.75) is 26.3 Å². The second kappa shape index (κ2) is 5.81. The molecule has 1 heterocycles. The van der Waals surface area contributed by atoms with Crippen LogP contribution in [0.4, 0.5) is 10.1 Å². The normalized spacial score (nSPS) is 12.6. The maximum atomic E-state index is 13.5. The molecule has 0 amide bonds. The summed E-state index contributed by atoms with van der Waals surface area (Å²) in [6, 6.07) is 6.23. The average Bonchev–Trinajstić information content (AvgIpc) is 2.34.